The first-order valence-electron chi connectivity index (χ1n) is 8.89. The lowest BCUT2D eigenvalue weighted by Crippen LogP contribution is -2.52. The zero-order valence-corrected chi connectivity index (χ0v) is 15.2. The van der Waals surface area contributed by atoms with Crippen LogP contribution in [0, 0.1) is 5.92 Å². The lowest BCUT2D eigenvalue weighted by Gasteiger charge is -2.39. The van der Waals surface area contributed by atoms with Crippen LogP contribution in [0.3, 0.4) is 0 Å². The molecule has 2 fully saturated rings. The summed E-state index contributed by atoms with van der Waals surface area (Å²) in [5.74, 6) is -3.91. The van der Waals surface area contributed by atoms with E-state index >= 15 is 0 Å². The minimum absolute atomic E-state index is 0.205. The van der Waals surface area contributed by atoms with Crippen LogP contribution in [0.1, 0.15) is 32.6 Å². The van der Waals surface area contributed by atoms with Crippen LogP contribution < -0.4 is 0 Å². The summed E-state index contributed by atoms with van der Waals surface area (Å²) in [5.41, 5.74) is 0. The summed E-state index contributed by atoms with van der Waals surface area (Å²) < 4.78 is 36.5. The Morgan fingerprint density at radius 2 is 1.96 bits per heavy atom. The maximum absolute atomic E-state index is 13.4. The van der Waals surface area contributed by atoms with Crippen molar-refractivity contribution in [2.24, 2.45) is 5.92 Å². The second kappa shape index (κ2) is 8.75. The van der Waals surface area contributed by atoms with Crippen molar-refractivity contribution in [3.63, 3.8) is 0 Å². The molecule has 0 spiro atoms. The summed E-state index contributed by atoms with van der Waals surface area (Å²) in [6.45, 7) is 2.33. The highest BCUT2D eigenvalue weighted by molar-refractivity contribution is 5.96. The van der Waals surface area contributed by atoms with Crippen molar-refractivity contribution in [3.8, 4) is 0 Å². The van der Waals surface area contributed by atoms with Gasteiger partial charge in [0.25, 0.3) is 5.92 Å². The van der Waals surface area contributed by atoms with Gasteiger partial charge < -0.3 is 14.4 Å². The number of hydrogen-bond acceptors (Lipinski definition) is 6. The van der Waals surface area contributed by atoms with E-state index in [-0.39, 0.29) is 44.9 Å². The highest BCUT2D eigenvalue weighted by Crippen LogP contribution is 2.30. The first-order chi connectivity index (χ1) is 12.3. The molecule has 26 heavy (non-hydrogen) atoms. The topological polar surface area (TPSA) is 76.2 Å². The Bertz CT molecular complexity index is 543. The van der Waals surface area contributed by atoms with E-state index in [1.54, 1.807) is 11.8 Å². The molecule has 2 saturated heterocycles. The van der Waals surface area contributed by atoms with Gasteiger partial charge >= 0.3 is 12.1 Å². The Hall–Kier alpha value is -1.77. The second-order valence-electron chi connectivity index (χ2n) is 6.83. The van der Waals surface area contributed by atoms with Crippen LogP contribution in [0.15, 0.2) is 0 Å². The van der Waals surface area contributed by atoms with Gasteiger partial charge in [0.2, 0.25) is 0 Å². The molecule has 0 N–H and O–H groups in total. The molecule has 2 aliphatic rings. The van der Waals surface area contributed by atoms with Gasteiger partial charge in [0, 0.05) is 38.0 Å². The average Bonchev–Trinajstić information content (AvgIpc) is 2.92. The Balaban J connectivity index is 2.00. The van der Waals surface area contributed by atoms with E-state index in [4.69, 9.17) is 9.47 Å². The molecule has 2 unspecified atom stereocenters. The smallest absolute Gasteiger partial charge is 0.409 e. The van der Waals surface area contributed by atoms with E-state index in [2.05, 4.69) is 0 Å². The third kappa shape index (κ3) is 5.36. The Morgan fingerprint density at radius 1 is 1.23 bits per heavy atom. The minimum atomic E-state index is -2.72. The molecule has 2 heterocycles. The molecule has 148 valence electrons. The molecule has 2 atom stereocenters. The number of rotatable bonds is 6. The van der Waals surface area contributed by atoms with Gasteiger partial charge in [-0.05, 0) is 19.8 Å². The Morgan fingerprint density at radius 3 is 2.54 bits per heavy atom. The van der Waals surface area contributed by atoms with Gasteiger partial charge in [0.1, 0.15) is 12.2 Å². The molecule has 0 aromatic heterocycles. The number of Topliss-reactive ketones (excluding diaryl/α,β-unsaturated/α-hetero) is 1. The fraction of sp³-hybridized carbons (Fsp3) is 0.824. The van der Waals surface area contributed by atoms with Crippen molar-refractivity contribution < 1.29 is 32.6 Å². The van der Waals surface area contributed by atoms with Gasteiger partial charge in [-0.25, -0.2) is 13.6 Å². The van der Waals surface area contributed by atoms with E-state index in [1.165, 1.54) is 12.0 Å². The summed E-state index contributed by atoms with van der Waals surface area (Å²) in [7, 11) is 1.27. The maximum atomic E-state index is 13.4. The van der Waals surface area contributed by atoms with Gasteiger partial charge in [-0.3, -0.25) is 14.5 Å². The summed E-state index contributed by atoms with van der Waals surface area (Å²) in [6.07, 6.45) is -0.290. The summed E-state index contributed by atoms with van der Waals surface area (Å²) in [5, 5.41) is 0. The molecule has 0 bridgehead atoms. The number of piperidine rings is 1. The van der Waals surface area contributed by atoms with Gasteiger partial charge in [-0.2, -0.15) is 0 Å². The van der Waals surface area contributed by atoms with Crippen molar-refractivity contribution >= 4 is 17.8 Å². The van der Waals surface area contributed by atoms with Crippen LogP contribution in [0.4, 0.5) is 13.6 Å². The molecular weight excluding hydrogens is 350 g/mol. The highest BCUT2D eigenvalue weighted by atomic mass is 19.3. The number of nitrogens with zero attached hydrogens (tertiary/aromatic N) is 2. The number of amides is 1. The second-order valence-corrected chi connectivity index (χ2v) is 6.83. The molecule has 0 radical (unpaired) electrons. The van der Waals surface area contributed by atoms with E-state index in [0.29, 0.717) is 19.4 Å². The van der Waals surface area contributed by atoms with Crippen LogP contribution in [-0.2, 0) is 19.1 Å². The Kier molecular flexibility index (Phi) is 6.91. The van der Waals surface area contributed by atoms with Gasteiger partial charge in [-0.15, -0.1) is 0 Å². The first-order valence-corrected chi connectivity index (χ1v) is 8.89. The molecule has 0 aromatic carbocycles. The van der Waals surface area contributed by atoms with Crippen LogP contribution in [0.25, 0.3) is 0 Å². The number of ether oxygens (including phenoxy) is 2. The number of carbonyl (C=O) groups excluding carboxylic acids is 3. The van der Waals surface area contributed by atoms with E-state index < -0.39 is 29.9 Å². The van der Waals surface area contributed by atoms with E-state index in [1.807, 2.05) is 0 Å². The number of carbonyl (C=O) groups is 3. The van der Waals surface area contributed by atoms with Gasteiger partial charge in [-0.1, -0.05) is 0 Å². The van der Waals surface area contributed by atoms with Crippen molar-refractivity contribution in [2.75, 3.05) is 39.9 Å². The van der Waals surface area contributed by atoms with Crippen LogP contribution in [0.5, 0.6) is 0 Å². The van der Waals surface area contributed by atoms with Crippen molar-refractivity contribution in [1.29, 1.82) is 0 Å². The summed E-state index contributed by atoms with van der Waals surface area (Å²) >= 11 is 0. The molecule has 0 saturated carbocycles. The first kappa shape index (κ1) is 20.5. The number of esters is 1. The number of methoxy groups -OCH3 is 1. The zero-order valence-electron chi connectivity index (χ0n) is 15.2. The highest BCUT2D eigenvalue weighted by Gasteiger charge is 2.42. The fourth-order valence-electron chi connectivity index (χ4n) is 3.63. The third-order valence-electron chi connectivity index (χ3n) is 4.92. The fourth-order valence-corrected chi connectivity index (χ4v) is 3.63. The van der Waals surface area contributed by atoms with Crippen molar-refractivity contribution in [3.05, 3.63) is 0 Å². The van der Waals surface area contributed by atoms with Crippen molar-refractivity contribution in [1.82, 2.24) is 9.80 Å². The summed E-state index contributed by atoms with van der Waals surface area (Å²) in [6, 6.07) is -0.402. The molecular formula is C17H26F2N2O5. The summed E-state index contributed by atoms with van der Waals surface area (Å²) in [4.78, 5) is 39.0. The standard InChI is InChI=1S/C17H26F2N2O5/c1-3-26-15(23)9-14(22)12-4-6-21(16(24)25-2)13(8-12)10-20-7-5-17(18,19)11-20/h12-13H,3-11H2,1-2H3. The largest absolute Gasteiger partial charge is 0.466 e. The van der Waals surface area contributed by atoms with Crippen molar-refractivity contribution in [2.45, 2.75) is 44.6 Å². The lowest BCUT2D eigenvalue weighted by atomic mass is 9.86. The maximum Gasteiger partial charge on any atom is 0.409 e. The number of likely N-dealkylation sites (tertiary alicyclic amines) is 2. The Labute approximate surface area is 151 Å². The number of hydrogen-bond donors (Lipinski definition) is 0. The molecule has 2 rings (SSSR count). The monoisotopic (exact) mass is 376 g/mol. The molecule has 1 amide bonds. The van der Waals surface area contributed by atoms with Crippen LogP contribution in [-0.4, -0.2) is 79.5 Å². The molecule has 7 nitrogen and oxygen atoms in total. The quantitative estimate of drug-likeness (QED) is 0.519. The molecule has 0 aliphatic carbocycles. The van der Waals surface area contributed by atoms with Gasteiger partial charge in [0.15, 0.2) is 0 Å². The number of halogens is 2. The number of alkyl halides is 2. The lowest BCUT2D eigenvalue weighted by molar-refractivity contribution is -0.146. The van der Waals surface area contributed by atoms with Gasteiger partial charge in [0.05, 0.1) is 20.3 Å². The number of ketones is 1. The molecule has 2 aliphatic heterocycles. The van der Waals surface area contributed by atoms with E-state index in [0.717, 1.165) is 0 Å². The predicted molar refractivity (Wildman–Crippen MR) is 87.9 cm³/mol. The third-order valence-corrected chi connectivity index (χ3v) is 4.92. The molecule has 0 aromatic rings. The minimum Gasteiger partial charge on any atom is -0.466 e. The zero-order chi connectivity index (χ0) is 19.3. The normalized spacial score (nSPS) is 25.8. The van der Waals surface area contributed by atoms with Crippen LogP contribution >= 0.6 is 0 Å². The average molecular weight is 376 g/mol. The predicted octanol–water partition coefficient (Wildman–Crippen LogP) is 1.70. The van der Waals surface area contributed by atoms with E-state index in [9.17, 15) is 23.2 Å². The SMILES string of the molecule is CCOC(=O)CC(=O)C1CCN(C(=O)OC)C(CN2CCC(F)(F)C2)C1. The van der Waals surface area contributed by atoms with Crippen LogP contribution in [0.2, 0.25) is 0 Å². The molecule has 9 heteroatoms.